The molecule has 0 bridgehead atoms. The van der Waals surface area contributed by atoms with Crippen LogP contribution in [0.2, 0.25) is 0 Å². The minimum atomic E-state index is -3.41. The molecule has 0 spiro atoms. The van der Waals surface area contributed by atoms with Crippen molar-refractivity contribution in [2.24, 2.45) is 4.99 Å². The van der Waals surface area contributed by atoms with E-state index in [2.05, 4.69) is 25.8 Å². The number of aryl methyl sites for hydroxylation is 1. The van der Waals surface area contributed by atoms with Crippen molar-refractivity contribution in [2.75, 3.05) is 24.4 Å². The number of nitrogens with zero attached hydrogens (tertiary/aromatic N) is 2. The fourth-order valence-corrected chi connectivity index (χ4v) is 3.97. The average Bonchev–Trinajstić information content (AvgIpc) is 2.81. The van der Waals surface area contributed by atoms with Crippen LogP contribution < -0.4 is 4.90 Å². The molecule has 2 aromatic carbocycles. The maximum Gasteiger partial charge on any atom is 0.198 e. The van der Waals surface area contributed by atoms with E-state index in [-0.39, 0.29) is 5.88 Å². The molecule has 0 N–H and O–H groups in total. The van der Waals surface area contributed by atoms with Gasteiger partial charge in [0.25, 0.3) is 0 Å². The summed E-state index contributed by atoms with van der Waals surface area (Å²) in [5, 5.41) is 0. The molecule has 2 aromatic rings. The first kappa shape index (κ1) is 16.2. The molecule has 120 valence electrons. The SMILES string of the molecule is Cc1ccc(S(=O)(=O)C/N=C2\CN(C)c3ccc(Br)cc32)cc1. The molecule has 0 fully saturated rings. The lowest BCUT2D eigenvalue weighted by Crippen LogP contribution is -2.17. The Labute approximate surface area is 144 Å². The Morgan fingerprint density at radius 2 is 1.87 bits per heavy atom. The molecule has 0 saturated heterocycles. The van der Waals surface area contributed by atoms with Gasteiger partial charge < -0.3 is 4.90 Å². The summed E-state index contributed by atoms with van der Waals surface area (Å²) in [6.45, 7) is 2.55. The van der Waals surface area contributed by atoms with E-state index in [0.29, 0.717) is 11.4 Å². The molecule has 0 radical (unpaired) electrons. The number of sulfone groups is 1. The highest BCUT2D eigenvalue weighted by atomic mass is 79.9. The van der Waals surface area contributed by atoms with Crippen molar-refractivity contribution in [1.29, 1.82) is 0 Å². The number of likely N-dealkylation sites (N-methyl/N-ethyl adjacent to an activating group) is 1. The zero-order valence-corrected chi connectivity index (χ0v) is 15.4. The van der Waals surface area contributed by atoms with Gasteiger partial charge in [0.1, 0.15) is 5.88 Å². The summed E-state index contributed by atoms with van der Waals surface area (Å²) in [7, 11) is -1.44. The highest BCUT2D eigenvalue weighted by molar-refractivity contribution is 9.10. The van der Waals surface area contributed by atoms with Crippen molar-refractivity contribution in [3.05, 3.63) is 58.1 Å². The topological polar surface area (TPSA) is 49.7 Å². The number of anilines is 1. The molecule has 0 amide bonds. The van der Waals surface area contributed by atoms with Crippen LogP contribution in [0.4, 0.5) is 5.69 Å². The van der Waals surface area contributed by atoms with Gasteiger partial charge in [-0.3, -0.25) is 4.99 Å². The van der Waals surface area contributed by atoms with E-state index < -0.39 is 9.84 Å². The van der Waals surface area contributed by atoms with Crippen molar-refractivity contribution in [2.45, 2.75) is 11.8 Å². The number of hydrogen-bond donors (Lipinski definition) is 0. The standard InChI is InChI=1S/C17H17BrN2O2S/c1-12-3-6-14(7-4-12)23(21,22)11-19-16-10-20(2)17-8-5-13(18)9-15(16)17/h3-9H,10-11H2,1-2H3/b19-16+. The average molecular weight is 393 g/mol. The van der Waals surface area contributed by atoms with Crippen molar-refractivity contribution >= 4 is 37.2 Å². The number of aliphatic imine (C=N–C) groups is 1. The predicted octanol–water partition coefficient (Wildman–Crippen LogP) is 3.43. The summed E-state index contributed by atoms with van der Waals surface area (Å²) in [6.07, 6.45) is 0. The summed E-state index contributed by atoms with van der Waals surface area (Å²) in [5.41, 5.74) is 3.90. The van der Waals surface area contributed by atoms with E-state index in [9.17, 15) is 8.42 Å². The molecule has 4 nitrogen and oxygen atoms in total. The molecule has 0 atom stereocenters. The second kappa shape index (κ2) is 6.09. The van der Waals surface area contributed by atoms with E-state index in [1.54, 1.807) is 24.3 Å². The van der Waals surface area contributed by atoms with Gasteiger partial charge in [0.05, 0.1) is 17.2 Å². The fraction of sp³-hybridized carbons (Fsp3) is 0.235. The van der Waals surface area contributed by atoms with Gasteiger partial charge in [0, 0.05) is 22.8 Å². The molecule has 23 heavy (non-hydrogen) atoms. The third-order valence-electron chi connectivity index (χ3n) is 3.87. The third-order valence-corrected chi connectivity index (χ3v) is 5.83. The van der Waals surface area contributed by atoms with Crippen LogP contribution >= 0.6 is 15.9 Å². The van der Waals surface area contributed by atoms with E-state index in [4.69, 9.17) is 0 Å². The summed E-state index contributed by atoms with van der Waals surface area (Å²) >= 11 is 3.45. The van der Waals surface area contributed by atoms with Crippen molar-refractivity contribution in [1.82, 2.24) is 0 Å². The monoisotopic (exact) mass is 392 g/mol. The Bertz CT molecular complexity index is 874. The van der Waals surface area contributed by atoms with Gasteiger partial charge in [-0.2, -0.15) is 0 Å². The van der Waals surface area contributed by atoms with Gasteiger partial charge in [-0.25, -0.2) is 8.42 Å². The Morgan fingerprint density at radius 3 is 2.57 bits per heavy atom. The normalized spacial score (nSPS) is 16.0. The zero-order chi connectivity index (χ0) is 16.6. The molecule has 0 aliphatic carbocycles. The van der Waals surface area contributed by atoms with Crippen LogP contribution in [0.3, 0.4) is 0 Å². The van der Waals surface area contributed by atoms with E-state index in [1.165, 1.54) is 0 Å². The van der Waals surface area contributed by atoms with Crippen molar-refractivity contribution < 1.29 is 8.42 Å². The van der Waals surface area contributed by atoms with E-state index in [1.807, 2.05) is 32.2 Å². The van der Waals surface area contributed by atoms with Crippen molar-refractivity contribution in [3.63, 3.8) is 0 Å². The van der Waals surface area contributed by atoms with Gasteiger partial charge in [0.2, 0.25) is 0 Å². The Kier molecular flexibility index (Phi) is 4.29. The van der Waals surface area contributed by atoms with Crippen LogP contribution in [0, 0.1) is 6.92 Å². The number of fused-ring (bicyclic) bond motifs is 1. The minimum absolute atomic E-state index is 0.231. The molecule has 0 unspecified atom stereocenters. The molecule has 3 rings (SSSR count). The van der Waals surface area contributed by atoms with Gasteiger partial charge in [0.15, 0.2) is 9.84 Å². The second-order valence-corrected chi connectivity index (χ2v) is 8.55. The quantitative estimate of drug-likeness (QED) is 0.803. The Balaban J connectivity index is 1.89. The molecular weight excluding hydrogens is 376 g/mol. The first-order valence-corrected chi connectivity index (χ1v) is 9.65. The van der Waals surface area contributed by atoms with Crippen LogP contribution in [0.25, 0.3) is 0 Å². The van der Waals surface area contributed by atoms with Crippen LogP contribution in [-0.4, -0.2) is 33.6 Å². The van der Waals surface area contributed by atoms with Crippen LogP contribution in [0.5, 0.6) is 0 Å². The summed E-state index contributed by atoms with van der Waals surface area (Å²) in [5.74, 6) is -0.231. The lowest BCUT2D eigenvalue weighted by Gasteiger charge is -2.10. The van der Waals surface area contributed by atoms with Gasteiger partial charge in [-0.05, 0) is 37.3 Å². The van der Waals surface area contributed by atoms with Crippen LogP contribution in [0.15, 0.2) is 56.8 Å². The minimum Gasteiger partial charge on any atom is -0.368 e. The van der Waals surface area contributed by atoms with Crippen LogP contribution in [0.1, 0.15) is 11.1 Å². The number of halogens is 1. The lowest BCUT2D eigenvalue weighted by atomic mass is 10.1. The van der Waals surface area contributed by atoms with Gasteiger partial charge in [-0.1, -0.05) is 33.6 Å². The third kappa shape index (κ3) is 3.33. The molecule has 1 aliphatic rings. The summed E-state index contributed by atoms with van der Waals surface area (Å²) < 4.78 is 25.8. The van der Waals surface area contributed by atoms with Gasteiger partial charge >= 0.3 is 0 Å². The van der Waals surface area contributed by atoms with Crippen molar-refractivity contribution in [3.8, 4) is 0 Å². The molecule has 6 heteroatoms. The summed E-state index contributed by atoms with van der Waals surface area (Å²) in [4.78, 5) is 6.77. The first-order valence-electron chi connectivity index (χ1n) is 7.20. The van der Waals surface area contributed by atoms with E-state index >= 15 is 0 Å². The maximum atomic E-state index is 12.4. The fourth-order valence-electron chi connectivity index (χ4n) is 2.59. The maximum absolute atomic E-state index is 12.4. The largest absolute Gasteiger partial charge is 0.368 e. The highest BCUT2D eigenvalue weighted by Crippen LogP contribution is 2.30. The van der Waals surface area contributed by atoms with E-state index in [0.717, 1.165) is 27.0 Å². The number of rotatable bonds is 3. The molecule has 1 aliphatic heterocycles. The molecular formula is C17H17BrN2O2S. The van der Waals surface area contributed by atoms with Crippen LogP contribution in [-0.2, 0) is 9.84 Å². The zero-order valence-electron chi connectivity index (χ0n) is 13.0. The second-order valence-electron chi connectivity index (χ2n) is 5.68. The highest BCUT2D eigenvalue weighted by Gasteiger charge is 2.23. The predicted molar refractivity (Wildman–Crippen MR) is 97.2 cm³/mol. The Hall–Kier alpha value is -1.66. The summed E-state index contributed by atoms with van der Waals surface area (Å²) in [6, 6.07) is 12.8. The number of benzene rings is 2. The molecule has 0 aromatic heterocycles. The number of hydrogen-bond acceptors (Lipinski definition) is 4. The first-order chi connectivity index (χ1) is 10.9. The Morgan fingerprint density at radius 1 is 1.17 bits per heavy atom. The van der Waals surface area contributed by atoms with Gasteiger partial charge in [-0.15, -0.1) is 0 Å². The smallest absolute Gasteiger partial charge is 0.198 e. The molecule has 0 saturated carbocycles. The lowest BCUT2D eigenvalue weighted by molar-refractivity contribution is 0.596. The molecule has 1 heterocycles.